The second-order valence-corrected chi connectivity index (χ2v) is 6.02. The summed E-state index contributed by atoms with van der Waals surface area (Å²) in [4.78, 5) is 0. The van der Waals surface area contributed by atoms with Crippen molar-refractivity contribution in [3.8, 4) is 0 Å². The highest BCUT2D eigenvalue weighted by molar-refractivity contribution is 4.82. The van der Waals surface area contributed by atoms with E-state index in [1.165, 1.54) is 77.0 Å². The molecule has 0 aromatic rings. The second kappa shape index (κ2) is 10.8. The normalized spacial score (nSPS) is 17.0. The Balaban J connectivity index is 1.70. The highest BCUT2D eigenvalue weighted by Crippen LogP contribution is 2.19. The van der Waals surface area contributed by atoms with Crippen LogP contribution in [0.4, 0.5) is 0 Å². The van der Waals surface area contributed by atoms with Gasteiger partial charge in [-0.2, -0.15) is 0 Å². The fraction of sp³-hybridized carbons (Fsp3) is 1.00. The number of rotatable bonds is 13. The molecule has 1 atom stereocenters. The standard InChI is InChI=1S/C16H34N2/c1-2-3-4-5-6-7-8-9-10-11-12-16(17)18-15-13-14-15/h15-16,18H,2-14,17H2,1H3. The zero-order chi connectivity index (χ0) is 13.1. The molecule has 0 aromatic heterocycles. The van der Waals surface area contributed by atoms with Crippen LogP contribution in [-0.4, -0.2) is 12.2 Å². The topological polar surface area (TPSA) is 38.0 Å². The quantitative estimate of drug-likeness (QED) is 0.379. The molecule has 18 heavy (non-hydrogen) atoms. The largest absolute Gasteiger partial charge is 0.316 e. The predicted octanol–water partition coefficient (Wildman–Crippen LogP) is 4.33. The van der Waals surface area contributed by atoms with Gasteiger partial charge < -0.3 is 5.73 Å². The van der Waals surface area contributed by atoms with Crippen LogP contribution in [0.3, 0.4) is 0 Å². The molecule has 0 aromatic carbocycles. The first-order valence-corrected chi connectivity index (χ1v) is 8.34. The van der Waals surface area contributed by atoms with Crippen LogP contribution in [0.25, 0.3) is 0 Å². The van der Waals surface area contributed by atoms with Crippen molar-refractivity contribution in [3.05, 3.63) is 0 Å². The SMILES string of the molecule is CCCCCCCCCCCCC(N)NC1CC1. The first-order chi connectivity index (χ1) is 8.83. The maximum Gasteiger partial charge on any atom is 0.0548 e. The van der Waals surface area contributed by atoms with Crippen molar-refractivity contribution in [2.24, 2.45) is 5.73 Å². The van der Waals surface area contributed by atoms with Crippen LogP contribution in [0.15, 0.2) is 0 Å². The maximum atomic E-state index is 6.01. The summed E-state index contributed by atoms with van der Waals surface area (Å²) in [5, 5.41) is 3.46. The molecule has 0 aliphatic heterocycles. The first kappa shape index (κ1) is 16.0. The third-order valence-corrected chi connectivity index (χ3v) is 3.90. The van der Waals surface area contributed by atoms with E-state index >= 15 is 0 Å². The van der Waals surface area contributed by atoms with E-state index in [0.717, 1.165) is 12.5 Å². The van der Waals surface area contributed by atoms with Crippen LogP contribution in [-0.2, 0) is 0 Å². The molecule has 0 radical (unpaired) electrons. The van der Waals surface area contributed by atoms with Gasteiger partial charge in [-0.3, -0.25) is 5.32 Å². The van der Waals surface area contributed by atoms with Crippen LogP contribution >= 0.6 is 0 Å². The number of unbranched alkanes of at least 4 members (excludes halogenated alkanes) is 9. The van der Waals surface area contributed by atoms with E-state index in [1.54, 1.807) is 0 Å². The monoisotopic (exact) mass is 254 g/mol. The molecular weight excluding hydrogens is 220 g/mol. The second-order valence-electron chi connectivity index (χ2n) is 6.02. The average molecular weight is 254 g/mol. The van der Waals surface area contributed by atoms with E-state index in [2.05, 4.69) is 12.2 Å². The molecule has 1 unspecified atom stereocenters. The number of hydrogen-bond acceptors (Lipinski definition) is 2. The van der Waals surface area contributed by atoms with Crippen molar-refractivity contribution in [2.75, 3.05) is 0 Å². The van der Waals surface area contributed by atoms with Crippen molar-refractivity contribution < 1.29 is 0 Å². The van der Waals surface area contributed by atoms with Gasteiger partial charge in [0.2, 0.25) is 0 Å². The Labute approximate surface area is 114 Å². The third kappa shape index (κ3) is 9.90. The van der Waals surface area contributed by atoms with Gasteiger partial charge in [0.25, 0.3) is 0 Å². The summed E-state index contributed by atoms with van der Waals surface area (Å²) < 4.78 is 0. The molecule has 3 N–H and O–H groups in total. The Hall–Kier alpha value is -0.0800. The Morgan fingerprint density at radius 2 is 1.39 bits per heavy atom. The summed E-state index contributed by atoms with van der Waals surface area (Å²) in [6.07, 6.45) is 18.2. The van der Waals surface area contributed by atoms with Crippen molar-refractivity contribution in [1.29, 1.82) is 0 Å². The van der Waals surface area contributed by atoms with Gasteiger partial charge in [0.1, 0.15) is 0 Å². The molecule has 1 aliphatic carbocycles. The molecule has 0 saturated heterocycles. The van der Waals surface area contributed by atoms with Gasteiger partial charge in [0.15, 0.2) is 0 Å². The van der Waals surface area contributed by atoms with Crippen molar-refractivity contribution in [3.63, 3.8) is 0 Å². The fourth-order valence-corrected chi connectivity index (χ4v) is 2.49. The average Bonchev–Trinajstić information content (AvgIpc) is 3.15. The zero-order valence-electron chi connectivity index (χ0n) is 12.4. The van der Waals surface area contributed by atoms with Gasteiger partial charge in [-0.15, -0.1) is 0 Å². The van der Waals surface area contributed by atoms with Gasteiger partial charge in [-0.05, 0) is 19.3 Å². The molecule has 0 spiro atoms. The minimum Gasteiger partial charge on any atom is -0.316 e. The number of hydrogen-bond donors (Lipinski definition) is 2. The summed E-state index contributed by atoms with van der Waals surface area (Å²) in [5.41, 5.74) is 6.01. The lowest BCUT2D eigenvalue weighted by Gasteiger charge is -2.12. The summed E-state index contributed by atoms with van der Waals surface area (Å²) in [5.74, 6) is 0. The molecule has 0 heterocycles. The van der Waals surface area contributed by atoms with Gasteiger partial charge in [-0.25, -0.2) is 0 Å². The minimum atomic E-state index is 0.256. The van der Waals surface area contributed by atoms with E-state index in [1.807, 2.05) is 0 Å². The van der Waals surface area contributed by atoms with Crippen molar-refractivity contribution in [2.45, 2.75) is 103 Å². The van der Waals surface area contributed by atoms with Gasteiger partial charge in [0, 0.05) is 6.04 Å². The highest BCUT2D eigenvalue weighted by atomic mass is 15.1. The molecule has 0 bridgehead atoms. The molecule has 1 fully saturated rings. The predicted molar refractivity (Wildman–Crippen MR) is 80.6 cm³/mol. The Kier molecular flexibility index (Phi) is 9.59. The highest BCUT2D eigenvalue weighted by Gasteiger charge is 2.22. The summed E-state index contributed by atoms with van der Waals surface area (Å²) in [7, 11) is 0. The molecule has 1 rings (SSSR count). The lowest BCUT2D eigenvalue weighted by atomic mass is 10.1. The summed E-state index contributed by atoms with van der Waals surface area (Å²) in [6.45, 7) is 2.28. The van der Waals surface area contributed by atoms with E-state index in [9.17, 15) is 0 Å². The van der Waals surface area contributed by atoms with Crippen molar-refractivity contribution >= 4 is 0 Å². The minimum absolute atomic E-state index is 0.256. The van der Waals surface area contributed by atoms with Crippen LogP contribution in [0.5, 0.6) is 0 Å². The van der Waals surface area contributed by atoms with E-state index in [0.29, 0.717) is 0 Å². The Morgan fingerprint density at radius 1 is 0.889 bits per heavy atom. The Morgan fingerprint density at radius 3 is 1.89 bits per heavy atom. The maximum absolute atomic E-state index is 6.01. The number of nitrogens with one attached hydrogen (secondary N) is 1. The fourth-order valence-electron chi connectivity index (χ4n) is 2.49. The molecule has 0 amide bonds. The first-order valence-electron chi connectivity index (χ1n) is 8.34. The van der Waals surface area contributed by atoms with Crippen LogP contribution in [0.2, 0.25) is 0 Å². The summed E-state index contributed by atoms with van der Waals surface area (Å²) in [6, 6.07) is 0.753. The molecule has 108 valence electrons. The molecular formula is C16H34N2. The lowest BCUT2D eigenvalue weighted by Crippen LogP contribution is -2.38. The third-order valence-electron chi connectivity index (χ3n) is 3.90. The number of nitrogens with two attached hydrogens (primary N) is 1. The van der Waals surface area contributed by atoms with E-state index < -0.39 is 0 Å². The van der Waals surface area contributed by atoms with Gasteiger partial charge in [-0.1, -0.05) is 71.1 Å². The zero-order valence-corrected chi connectivity index (χ0v) is 12.4. The molecule has 2 heteroatoms. The molecule has 1 aliphatic rings. The van der Waals surface area contributed by atoms with Crippen LogP contribution in [0.1, 0.15) is 90.4 Å². The van der Waals surface area contributed by atoms with Crippen LogP contribution in [0, 0.1) is 0 Å². The van der Waals surface area contributed by atoms with E-state index in [-0.39, 0.29) is 6.17 Å². The Bertz CT molecular complexity index is 178. The van der Waals surface area contributed by atoms with Crippen LogP contribution < -0.4 is 11.1 Å². The van der Waals surface area contributed by atoms with Crippen molar-refractivity contribution in [1.82, 2.24) is 5.32 Å². The molecule has 2 nitrogen and oxygen atoms in total. The summed E-state index contributed by atoms with van der Waals surface area (Å²) >= 11 is 0. The van der Waals surface area contributed by atoms with Gasteiger partial charge >= 0.3 is 0 Å². The lowest BCUT2D eigenvalue weighted by molar-refractivity contribution is 0.459. The smallest absolute Gasteiger partial charge is 0.0548 e. The van der Waals surface area contributed by atoms with E-state index in [4.69, 9.17) is 5.73 Å². The van der Waals surface area contributed by atoms with Gasteiger partial charge in [0.05, 0.1) is 6.17 Å². The molecule has 1 saturated carbocycles.